The third-order valence-electron chi connectivity index (χ3n) is 3.71. The topological polar surface area (TPSA) is 65.1 Å². The van der Waals surface area contributed by atoms with Crippen LogP contribution in [0.1, 0.15) is 0 Å². The molecule has 7 heteroatoms. The van der Waals surface area contributed by atoms with E-state index in [-0.39, 0.29) is 24.9 Å². The molecule has 0 unspecified atom stereocenters. The first kappa shape index (κ1) is 16.8. The second-order valence-electron chi connectivity index (χ2n) is 5.34. The maximum Gasteiger partial charge on any atom is 0.348 e. The lowest BCUT2D eigenvalue weighted by molar-refractivity contribution is -0.148. The fourth-order valence-corrected chi connectivity index (χ4v) is 2.48. The Morgan fingerprint density at radius 3 is 2.64 bits per heavy atom. The smallest absolute Gasteiger partial charge is 0.348 e. The van der Waals surface area contributed by atoms with Crippen molar-refractivity contribution in [3.8, 4) is 11.5 Å². The minimum absolute atomic E-state index is 0.0231. The van der Waals surface area contributed by atoms with Crippen LogP contribution in [0.25, 0.3) is 0 Å². The molecule has 6 nitrogen and oxygen atoms in total. The predicted molar refractivity (Wildman–Crippen MR) is 87.1 cm³/mol. The molecule has 0 aliphatic carbocycles. The Hall–Kier alpha value is -3.09. The lowest BCUT2D eigenvalue weighted by atomic mass is 10.2. The highest BCUT2D eigenvalue weighted by Gasteiger charge is 2.34. The molecule has 0 saturated carbocycles. The summed E-state index contributed by atoms with van der Waals surface area (Å²) in [5.41, 5.74) is 0.551. The van der Waals surface area contributed by atoms with Crippen molar-refractivity contribution in [2.24, 2.45) is 0 Å². The van der Waals surface area contributed by atoms with Crippen LogP contribution in [-0.2, 0) is 14.3 Å². The first-order valence-corrected chi connectivity index (χ1v) is 7.60. The Balaban J connectivity index is 1.75. The van der Waals surface area contributed by atoms with Gasteiger partial charge in [0.15, 0.2) is 6.61 Å². The van der Waals surface area contributed by atoms with E-state index in [0.29, 0.717) is 17.2 Å². The highest BCUT2D eigenvalue weighted by molar-refractivity contribution is 5.97. The molecule has 1 atom stereocenters. The highest BCUT2D eigenvalue weighted by Crippen LogP contribution is 2.33. The number of carbonyl (C=O) groups excluding carboxylic acids is 2. The zero-order chi connectivity index (χ0) is 17.8. The van der Waals surface area contributed by atoms with Crippen molar-refractivity contribution in [2.45, 2.75) is 6.10 Å². The van der Waals surface area contributed by atoms with Crippen LogP contribution in [0, 0.1) is 5.82 Å². The van der Waals surface area contributed by atoms with E-state index in [1.54, 1.807) is 24.3 Å². The number of halogens is 1. The minimum Gasteiger partial charge on any atom is -0.484 e. The normalized spacial score (nSPS) is 15.8. The van der Waals surface area contributed by atoms with E-state index in [2.05, 4.69) is 0 Å². The Morgan fingerprint density at radius 1 is 1.20 bits per heavy atom. The number of rotatable bonds is 4. The van der Waals surface area contributed by atoms with Gasteiger partial charge in [-0.2, -0.15) is 0 Å². The van der Waals surface area contributed by atoms with Gasteiger partial charge in [0.1, 0.15) is 17.3 Å². The number of amides is 1. The van der Waals surface area contributed by atoms with Gasteiger partial charge in [0.25, 0.3) is 5.91 Å². The number of esters is 1. The summed E-state index contributed by atoms with van der Waals surface area (Å²) in [6.07, 6.45) is -0.908. The Morgan fingerprint density at radius 2 is 1.92 bits per heavy atom. The Kier molecular flexibility index (Phi) is 4.83. The summed E-state index contributed by atoms with van der Waals surface area (Å²) in [4.78, 5) is 25.8. The largest absolute Gasteiger partial charge is 0.484 e. The highest BCUT2D eigenvalue weighted by atomic mass is 19.1. The van der Waals surface area contributed by atoms with Crippen LogP contribution in [0.2, 0.25) is 0 Å². The van der Waals surface area contributed by atoms with Gasteiger partial charge >= 0.3 is 5.97 Å². The van der Waals surface area contributed by atoms with Gasteiger partial charge in [-0.05, 0) is 36.4 Å². The summed E-state index contributed by atoms with van der Waals surface area (Å²) in [7, 11) is 1.26. The summed E-state index contributed by atoms with van der Waals surface area (Å²) >= 11 is 0. The fourth-order valence-electron chi connectivity index (χ4n) is 2.48. The summed E-state index contributed by atoms with van der Waals surface area (Å²) in [6, 6.07) is 12.3. The van der Waals surface area contributed by atoms with Crippen LogP contribution < -0.4 is 14.4 Å². The van der Waals surface area contributed by atoms with E-state index in [1.807, 2.05) is 0 Å². The average molecular weight is 345 g/mol. The molecule has 130 valence electrons. The number of anilines is 1. The number of fused-ring (bicyclic) bond motifs is 1. The SMILES string of the molecule is COC(=O)[C@H]1CN(C(=O)COc2ccc(F)cc2)c2ccccc2O1. The first-order chi connectivity index (χ1) is 12.1. The molecule has 1 amide bonds. The Bertz CT molecular complexity index is 777. The van der Waals surface area contributed by atoms with Gasteiger partial charge in [-0.3, -0.25) is 4.79 Å². The quantitative estimate of drug-likeness (QED) is 0.795. The van der Waals surface area contributed by atoms with Crippen molar-refractivity contribution < 1.29 is 28.2 Å². The van der Waals surface area contributed by atoms with Crippen molar-refractivity contribution in [3.63, 3.8) is 0 Å². The maximum absolute atomic E-state index is 12.9. The monoisotopic (exact) mass is 345 g/mol. The summed E-state index contributed by atoms with van der Waals surface area (Å²) < 4.78 is 28.6. The molecule has 1 aliphatic heterocycles. The van der Waals surface area contributed by atoms with Gasteiger partial charge in [0.05, 0.1) is 19.3 Å². The number of para-hydroxylation sites is 2. The molecule has 3 rings (SSSR count). The summed E-state index contributed by atoms with van der Waals surface area (Å²) in [5.74, 6) is -0.512. The number of methoxy groups -OCH3 is 1. The molecule has 1 aliphatic rings. The third-order valence-corrected chi connectivity index (χ3v) is 3.71. The molecule has 0 bridgehead atoms. The Labute approximate surface area is 143 Å². The second kappa shape index (κ2) is 7.21. The van der Waals surface area contributed by atoms with Crippen LogP contribution in [0.4, 0.5) is 10.1 Å². The second-order valence-corrected chi connectivity index (χ2v) is 5.34. The molecule has 0 saturated heterocycles. The van der Waals surface area contributed by atoms with Crippen molar-refractivity contribution in [2.75, 3.05) is 25.2 Å². The van der Waals surface area contributed by atoms with Gasteiger partial charge in [-0.25, -0.2) is 9.18 Å². The number of benzene rings is 2. The number of carbonyl (C=O) groups is 2. The van der Waals surface area contributed by atoms with E-state index in [9.17, 15) is 14.0 Å². The van der Waals surface area contributed by atoms with Gasteiger partial charge in [-0.15, -0.1) is 0 Å². The predicted octanol–water partition coefficient (Wildman–Crippen LogP) is 2.17. The maximum atomic E-state index is 12.9. The van der Waals surface area contributed by atoms with Crippen LogP contribution in [0.5, 0.6) is 11.5 Å². The standard InChI is InChI=1S/C18H16FNO5/c1-23-18(22)16-10-20(14-4-2-3-5-15(14)25-16)17(21)11-24-13-8-6-12(19)7-9-13/h2-9,16H,10-11H2,1H3/t16-/m1/s1. The molecule has 0 radical (unpaired) electrons. The van der Waals surface area contributed by atoms with Crippen LogP contribution in [0.15, 0.2) is 48.5 Å². The van der Waals surface area contributed by atoms with Crippen molar-refractivity contribution in [1.29, 1.82) is 0 Å². The molecule has 2 aromatic rings. The number of hydrogen-bond donors (Lipinski definition) is 0. The van der Waals surface area contributed by atoms with E-state index in [1.165, 1.54) is 36.3 Å². The lowest BCUT2D eigenvalue weighted by Gasteiger charge is -2.33. The first-order valence-electron chi connectivity index (χ1n) is 7.60. The van der Waals surface area contributed by atoms with Gasteiger partial charge in [-0.1, -0.05) is 12.1 Å². The number of nitrogens with zero attached hydrogens (tertiary/aromatic N) is 1. The van der Waals surface area contributed by atoms with Crippen LogP contribution in [-0.4, -0.2) is 38.2 Å². The van der Waals surface area contributed by atoms with Gasteiger partial charge < -0.3 is 19.1 Å². The van der Waals surface area contributed by atoms with Crippen molar-refractivity contribution >= 4 is 17.6 Å². The molecular weight excluding hydrogens is 329 g/mol. The number of hydrogen-bond acceptors (Lipinski definition) is 5. The van der Waals surface area contributed by atoms with Crippen molar-refractivity contribution in [1.82, 2.24) is 0 Å². The molecule has 0 N–H and O–H groups in total. The molecule has 0 spiro atoms. The molecular formula is C18H16FNO5. The van der Waals surface area contributed by atoms with E-state index in [4.69, 9.17) is 14.2 Å². The van der Waals surface area contributed by atoms with Crippen LogP contribution >= 0.6 is 0 Å². The zero-order valence-electron chi connectivity index (χ0n) is 13.5. The van der Waals surface area contributed by atoms with Crippen LogP contribution in [0.3, 0.4) is 0 Å². The molecule has 0 aromatic heterocycles. The zero-order valence-corrected chi connectivity index (χ0v) is 13.5. The summed E-state index contributed by atoms with van der Waals surface area (Å²) in [6.45, 7) is -0.233. The minimum atomic E-state index is -0.908. The molecule has 0 fully saturated rings. The van der Waals surface area contributed by atoms with E-state index in [0.717, 1.165) is 0 Å². The van der Waals surface area contributed by atoms with E-state index >= 15 is 0 Å². The number of ether oxygens (including phenoxy) is 3. The molecule has 2 aromatic carbocycles. The molecule has 25 heavy (non-hydrogen) atoms. The lowest BCUT2D eigenvalue weighted by Crippen LogP contribution is -2.48. The van der Waals surface area contributed by atoms with Crippen molar-refractivity contribution in [3.05, 3.63) is 54.3 Å². The fraction of sp³-hybridized carbons (Fsp3) is 0.222. The molecule has 1 heterocycles. The van der Waals surface area contributed by atoms with E-state index < -0.39 is 12.1 Å². The summed E-state index contributed by atoms with van der Waals surface area (Å²) in [5, 5.41) is 0. The van der Waals surface area contributed by atoms with Gasteiger partial charge in [0, 0.05) is 0 Å². The average Bonchev–Trinajstić information content (AvgIpc) is 2.65. The third kappa shape index (κ3) is 3.71. The van der Waals surface area contributed by atoms with Gasteiger partial charge in [0.2, 0.25) is 6.10 Å².